The van der Waals surface area contributed by atoms with Crippen molar-refractivity contribution < 1.29 is 26.7 Å². The van der Waals surface area contributed by atoms with E-state index in [2.05, 4.69) is 15.9 Å². The molecular formula is C15H9BrF5NO. The van der Waals surface area contributed by atoms with Crippen molar-refractivity contribution in [3.63, 3.8) is 0 Å². The van der Waals surface area contributed by atoms with Crippen molar-refractivity contribution in [2.45, 2.75) is 5.92 Å². The van der Waals surface area contributed by atoms with Gasteiger partial charge in [-0.25, -0.2) is 13.2 Å². The summed E-state index contributed by atoms with van der Waals surface area (Å²) >= 11 is 3.08. The molecule has 0 bridgehead atoms. The highest BCUT2D eigenvalue weighted by Crippen LogP contribution is 2.32. The third-order valence-corrected chi connectivity index (χ3v) is 3.65. The van der Waals surface area contributed by atoms with E-state index in [0.29, 0.717) is 4.47 Å². The van der Waals surface area contributed by atoms with Crippen LogP contribution in [0.25, 0.3) is 0 Å². The minimum Gasteiger partial charge on any atom is -0.346 e. The second-order valence-corrected chi connectivity index (χ2v) is 5.47. The van der Waals surface area contributed by atoms with Crippen LogP contribution in [0, 0.1) is 17.5 Å². The van der Waals surface area contributed by atoms with Gasteiger partial charge in [0.2, 0.25) is 0 Å². The Labute approximate surface area is 136 Å². The van der Waals surface area contributed by atoms with Gasteiger partial charge in [-0.3, -0.25) is 4.79 Å². The van der Waals surface area contributed by atoms with Gasteiger partial charge in [0.1, 0.15) is 17.5 Å². The molecule has 122 valence electrons. The molecule has 23 heavy (non-hydrogen) atoms. The Morgan fingerprint density at radius 2 is 1.65 bits per heavy atom. The number of nitrogens with one attached hydrogen (secondary N) is 1. The molecule has 0 unspecified atom stereocenters. The first-order valence-electron chi connectivity index (χ1n) is 6.28. The highest BCUT2D eigenvalue weighted by molar-refractivity contribution is 9.10. The molecule has 0 radical (unpaired) electrons. The van der Waals surface area contributed by atoms with Gasteiger partial charge >= 0.3 is 0 Å². The molecule has 1 N–H and O–H groups in total. The van der Waals surface area contributed by atoms with Gasteiger partial charge < -0.3 is 5.32 Å². The van der Waals surface area contributed by atoms with Gasteiger partial charge in [-0.15, -0.1) is 0 Å². The van der Waals surface area contributed by atoms with E-state index in [1.165, 1.54) is 18.2 Å². The van der Waals surface area contributed by atoms with Gasteiger partial charge in [0.05, 0.1) is 17.7 Å². The lowest BCUT2D eigenvalue weighted by Crippen LogP contribution is -2.36. The summed E-state index contributed by atoms with van der Waals surface area (Å²) in [5.74, 6) is -9.64. The molecule has 0 aliphatic carbocycles. The van der Waals surface area contributed by atoms with Crippen LogP contribution in [0.1, 0.15) is 15.9 Å². The number of amides is 1. The first-order valence-corrected chi connectivity index (χ1v) is 7.07. The SMILES string of the molecule is O=C(NCC(F)(F)c1c(F)cc(F)cc1F)c1ccccc1Br. The maximum absolute atomic E-state index is 14.0. The van der Waals surface area contributed by atoms with Crippen molar-refractivity contribution in [3.05, 3.63) is 69.4 Å². The average molecular weight is 394 g/mol. The van der Waals surface area contributed by atoms with Crippen molar-refractivity contribution in [1.29, 1.82) is 0 Å². The zero-order chi connectivity index (χ0) is 17.2. The van der Waals surface area contributed by atoms with Crippen LogP contribution >= 0.6 is 15.9 Å². The van der Waals surface area contributed by atoms with Crippen LogP contribution in [0.15, 0.2) is 40.9 Å². The van der Waals surface area contributed by atoms with E-state index in [1.54, 1.807) is 6.07 Å². The summed E-state index contributed by atoms with van der Waals surface area (Å²) in [5.41, 5.74) is -1.50. The van der Waals surface area contributed by atoms with Gasteiger partial charge in [0, 0.05) is 16.6 Å². The Hall–Kier alpha value is -1.96. The Kier molecular flexibility index (Phi) is 5.03. The van der Waals surface area contributed by atoms with Crippen LogP contribution in [0.2, 0.25) is 0 Å². The van der Waals surface area contributed by atoms with Gasteiger partial charge in [-0.05, 0) is 28.1 Å². The predicted molar refractivity (Wildman–Crippen MR) is 76.7 cm³/mol. The summed E-state index contributed by atoms with van der Waals surface area (Å²) in [6, 6.07) is 6.38. The highest BCUT2D eigenvalue weighted by atomic mass is 79.9. The topological polar surface area (TPSA) is 29.1 Å². The van der Waals surface area contributed by atoms with Crippen molar-refractivity contribution in [1.82, 2.24) is 5.32 Å². The second-order valence-electron chi connectivity index (χ2n) is 4.61. The van der Waals surface area contributed by atoms with Crippen LogP contribution in [0.5, 0.6) is 0 Å². The normalized spacial score (nSPS) is 11.4. The smallest absolute Gasteiger partial charge is 0.295 e. The van der Waals surface area contributed by atoms with E-state index in [-0.39, 0.29) is 17.7 Å². The fourth-order valence-electron chi connectivity index (χ4n) is 1.91. The van der Waals surface area contributed by atoms with Crippen molar-refractivity contribution in [2.24, 2.45) is 0 Å². The molecule has 0 saturated carbocycles. The van der Waals surface area contributed by atoms with Gasteiger partial charge in [-0.2, -0.15) is 8.78 Å². The number of carbonyl (C=O) groups is 1. The summed E-state index contributed by atoms with van der Waals surface area (Å²) < 4.78 is 67.9. The van der Waals surface area contributed by atoms with Crippen LogP contribution in [0.3, 0.4) is 0 Å². The van der Waals surface area contributed by atoms with E-state index < -0.39 is 41.4 Å². The minimum atomic E-state index is -4.04. The predicted octanol–water partition coefficient (Wildman–Crippen LogP) is 4.39. The first-order chi connectivity index (χ1) is 10.7. The molecule has 0 fully saturated rings. The lowest BCUT2D eigenvalue weighted by Gasteiger charge is -2.19. The standard InChI is InChI=1S/C15H9BrF5NO/c16-10-4-2-1-3-9(10)14(23)22-7-15(20,21)13-11(18)5-8(17)6-12(13)19/h1-6H,7H2,(H,22,23). The fraction of sp³-hybridized carbons (Fsp3) is 0.133. The lowest BCUT2D eigenvalue weighted by atomic mass is 10.1. The quantitative estimate of drug-likeness (QED) is 0.766. The summed E-state index contributed by atoms with van der Waals surface area (Å²) in [7, 11) is 0. The maximum Gasteiger partial charge on any atom is 0.295 e. The zero-order valence-electron chi connectivity index (χ0n) is 11.3. The number of carbonyl (C=O) groups excluding carboxylic acids is 1. The number of benzene rings is 2. The fourth-order valence-corrected chi connectivity index (χ4v) is 2.38. The van der Waals surface area contributed by atoms with Crippen LogP contribution in [0.4, 0.5) is 22.0 Å². The molecule has 0 aromatic heterocycles. The van der Waals surface area contributed by atoms with E-state index in [1.807, 2.05) is 5.32 Å². The molecule has 2 aromatic carbocycles. The van der Waals surface area contributed by atoms with Crippen LogP contribution < -0.4 is 5.32 Å². The number of rotatable bonds is 4. The first kappa shape index (κ1) is 17.4. The van der Waals surface area contributed by atoms with Crippen molar-refractivity contribution in [2.75, 3.05) is 6.54 Å². The third-order valence-electron chi connectivity index (χ3n) is 2.96. The Balaban J connectivity index is 2.19. The maximum atomic E-state index is 14.0. The largest absolute Gasteiger partial charge is 0.346 e. The molecule has 2 aromatic rings. The molecule has 2 nitrogen and oxygen atoms in total. The summed E-state index contributed by atoms with van der Waals surface area (Å²) in [5, 5.41) is 1.90. The van der Waals surface area contributed by atoms with Crippen molar-refractivity contribution >= 4 is 21.8 Å². The molecule has 0 aliphatic heterocycles. The molecule has 2 rings (SSSR count). The molecule has 0 heterocycles. The van der Waals surface area contributed by atoms with Gasteiger partial charge in [0.15, 0.2) is 0 Å². The highest BCUT2D eigenvalue weighted by Gasteiger charge is 2.38. The molecule has 0 saturated heterocycles. The van der Waals surface area contributed by atoms with Gasteiger partial charge in [0.25, 0.3) is 11.8 Å². The summed E-state index contributed by atoms with van der Waals surface area (Å²) in [6.45, 7) is -1.34. The molecule has 0 atom stereocenters. The van der Waals surface area contributed by atoms with E-state index in [9.17, 15) is 26.7 Å². The van der Waals surface area contributed by atoms with Crippen LogP contribution in [-0.2, 0) is 5.92 Å². The van der Waals surface area contributed by atoms with Crippen molar-refractivity contribution in [3.8, 4) is 0 Å². The van der Waals surface area contributed by atoms with E-state index in [0.717, 1.165) is 0 Å². The molecule has 8 heteroatoms. The van der Waals surface area contributed by atoms with Gasteiger partial charge in [-0.1, -0.05) is 12.1 Å². The number of alkyl halides is 2. The van der Waals surface area contributed by atoms with E-state index in [4.69, 9.17) is 0 Å². The molecule has 0 spiro atoms. The molecule has 1 amide bonds. The molecular weight excluding hydrogens is 385 g/mol. The monoisotopic (exact) mass is 393 g/mol. The summed E-state index contributed by atoms with van der Waals surface area (Å²) in [6.07, 6.45) is 0. The zero-order valence-corrected chi connectivity index (χ0v) is 12.9. The Morgan fingerprint density at radius 3 is 2.22 bits per heavy atom. The third kappa shape index (κ3) is 3.87. The number of hydrogen-bond donors (Lipinski definition) is 1. The minimum absolute atomic E-state index is 0.0864. The lowest BCUT2D eigenvalue weighted by molar-refractivity contribution is -0.00945. The Bertz CT molecular complexity index is 727. The van der Waals surface area contributed by atoms with Crippen LogP contribution in [-0.4, -0.2) is 12.5 Å². The second kappa shape index (κ2) is 6.66. The molecule has 0 aliphatic rings. The summed E-state index contributed by atoms with van der Waals surface area (Å²) in [4.78, 5) is 11.8. The van der Waals surface area contributed by atoms with E-state index >= 15 is 0 Å². The Morgan fingerprint density at radius 1 is 1.09 bits per heavy atom. The number of halogens is 6. The average Bonchev–Trinajstić information content (AvgIpc) is 2.44. The number of hydrogen-bond acceptors (Lipinski definition) is 1.